The first-order valence-corrected chi connectivity index (χ1v) is 9.19. The van der Waals surface area contributed by atoms with Crippen LogP contribution in [0.2, 0.25) is 0 Å². The number of halogens is 1. The van der Waals surface area contributed by atoms with Crippen LogP contribution in [0, 0.1) is 6.92 Å². The molecule has 0 saturated carbocycles. The fourth-order valence-corrected chi connectivity index (χ4v) is 5.17. The molecule has 0 radical (unpaired) electrons. The Labute approximate surface area is 134 Å². The summed E-state index contributed by atoms with van der Waals surface area (Å²) in [5.41, 5.74) is 6.96. The molecule has 1 fully saturated rings. The Morgan fingerprint density at radius 2 is 2.14 bits per heavy atom. The Hall–Kier alpha value is -0.630. The van der Waals surface area contributed by atoms with Gasteiger partial charge in [0.05, 0.1) is 17.6 Å². The van der Waals surface area contributed by atoms with Crippen LogP contribution < -0.4 is 5.73 Å². The van der Waals surface area contributed by atoms with Gasteiger partial charge in [-0.2, -0.15) is 4.31 Å². The third kappa shape index (κ3) is 3.26. The SMILES string of the molecule is CCC1COC(C)CN1S(=O)(=O)c1cc(Br)cc(N)c1C. The normalized spacial score (nSPS) is 24.2. The molecule has 0 bridgehead atoms. The number of nitrogens with zero attached hydrogens (tertiary/aromatic N) is 1. The van der Waals surface area contributed by atoms with E-state index in [9.17, 15) is 8.42 Å². The van der Waals surface area contributed by atoms with Gasteiger partial charge >= 0.3 is 0 Å². The molecule has 7 heteroatoms. The summed E-state index contributed by atoms with van der Waals surface area (Å²) in [6, 6.07) is 3.20. The highest BCUT2D eigenvalue weighted by molar-refractivity contribution is 9.10. The summed E-state index contributed by atoms with van der Waals surface area (Å²) in [6.07, 6.45) is 0.612. The van der Waals surface area contributed by atoms with Gasteiger partial charge in [-0.05, 0) is 38.0 Å². The fraction of sp³-hybridized carbons (Fsp3) is 0.571. The van der Waals surface area contributed by atoms with Crippen molar-refractivity contribution in [1.82, 2.24) is 4.31 Å². The Kier molecular flexibility index (Phi) is 4.97. The van der Waals surface area contributed by atoms with E-state index in [4.69, 9.17) is 10.5 Å². The van der Waals surface area contributed by atoms with Crippen molar-refractivity contribution in [1.29, 1.82) is 0 Å². The van der Waals surface area contributed by atoms with Crippen molar-refractivity contribution in [2.24, 2.45) is 0 Å². The van der Waals surface area contributed by atoms with Crippen LogP contribution in [0.25, 0.3) is 0 Å². The summed E-state index contributed by atoms with van der Waals surface area (Å²) in [4.78, 5) is 0.266. The van der Waals surface area contributed by atoms with Crippen LogP contribution in [0.5, 0.6) is 0 Å². The van der Waals surface area contributed by atoms with Gasteiger partial charge < -0.3 is 10.5 Å². The lowest BCUT2D eigenvalue weighted by Gasteiger charge is -2.37. The van der Waals surface area contributed by atoms with Crippen LogP contribution in [-0.4, -0.2) is 38.0 Å². The Morgan fingerprint density at radius 3 is 2.76 bits per heavy atom. The van der Waals surface area contributed by atoms with E-state index in [1.165, 1.54) is 0 Å². The van der Waals surface area contributed by atoms with E-state index in [1.807, 2.05) is 13.8 Å². The average molecular weight is 377 g/mol. The van der Waals surface area contributed by atoms with Gasteiger partial charge in [0.2, 0.25) is 10.0 Å². The molecule has 1 aliphatic heterocycles. The monoisotopic (exact) mass is 376 g/mol. The second-order valence-corrected chi connectivity index (χ2v) is 8.17. The minimum Gasteiger partial charge on any atom is -0.398 e. The van der Waals surface area contributed by atoms with Gasteiger partial charge in [0.25, 0.3) is 0 Å². The van der Waals surface area contributed by atoms with Gasteiger partial charge in [0, 0.05) is 22.7 Å². The number of hydrogen-bond donors (Lipinski definition) is 1. The van der Waals surface area contributed by atoms with E-state index in [0.29, 0.717) is 35.3 Å². The molecule has 1 aliphatic rings. The molecule has 0 spiro atoms. The molecule has 21 heavy (non-hydrogen) atoms. The molecule has 1 saturated heterocycles. The van der Waals surface area contributed by atoms with Crippen LogP contribution in [0.15, 0.2) is 21.5 Å². The molecule has 1 aromatic rings. The number of morpholine rings is 1. The third-order valence-electron chi connectivity index (χ3n) is 3.84. The fourth-order valence-electron chi connectivity index (χ4n) is 2.50. The number of rotatable bonds is 3. The molecule has 2 unspecified atom stereocenters. The quantitative estimate of drug-likeness (QED) is 0.822. The van der Waals surface area contributed by atoms with Gasteiger partial charge in [-0.1, -0.05) is 22.9 Å². The molecular weight excluding hydrogens is 356 g/mol. The molecule has 1 heterocycles. The number of hydrogen-bond acceptors (Lipinski definition) is 4. The van der Waals surface area contributed by atoms with E-state index in [2.05, 4.69) is 15.9 Å². The van der Waals surface area contributed by atoms with Crippen molar-refractivity contribution in [2.45, 2.75) is 44.2 Å². The number of anilines is 1. The lowest BCUT2D eigenvalue weighted by molar-refractivity contribution is -0.0230. The zero-order chi connectivity index (χ0) is 15.8. The summed E-state index contributed by atoms with van der Waals surface area (Å²) >= 11 is 3.32. The maximum Gasteiger partial charge on any atom is 0.243 e. The number of ether oxygens (including phenoxy) is 1. The number of benzene rings is 1. The zero-order valence-electron chi connectivity index (χ0n) is 12.5. The lowest BCUT2D eigenvalue weighted by atomic mass is 10.2. The van der Waals surface area contributed by atoms with Gasteiger partial charge in [-0.25, -0.2) is 8.42 Å². The Morgan fingerprint density at radius 1 is 1.48 bits per heavy atom. The molecule has 0 aliphatic carbocycles. The molecular formula is C14H21BrN2O3S. The number of nitrogen functional groups attached to an aromatic ring is 1. The molecule has 2 atom stereocenters. The van der Waals surface area contributed by atoms with E-state index < -0.39 is 10.0 Å². The van der Waals surface area contributed by atoms with E-state index in [0.717, 1.165) is 0 Å². The average Bonchev–Trinajstić information content (AvgIpc) is 2.42. The van der Waals surface area contributed by atoms with Crippen molar-refractivity contribution in [3.8, 4) is 0 Å². The maximum atomic E-state index is 13.0. The minimum atomic E-state index is -3.59. The van der Waals surface area contributed by atoms with Crippen molar-refractivity contribution < 1.29 is 13.2 Å². The van der Waals surface area contributed by atoms with Gasteiger partial charge in [-0.15, -0.1) is 0 Å². The lowest BCUT2D eigenvalue weighted by Crippen LogP contribution is -2.51. The molecule has 0 aromatic heterocycles. The predicted octanol–water partition coefficient (Wildman–Crippen LogP) is 2.53. The topological polar surface area (TPSA) is 72.6 Å². The smallest absolute Gasteiger partial charge is 0.243 e. The van der Waals surface area contributed by atoms with Crippen molar-refractivity contribution >= 4 is 31.6 Å². The molecule has 1 aromatic carbocycles. The first-order chi connectivity index (χ1) is 9.77. The summed E-state index contributed by atoms with van der Waals surface area (Å²) in [5.74, 6) is 0. The molecule has 5 nitrogen and oxygen atoms in total. The highest BCUT2D eigenvalue weighted by atomic mass is 79.9. The van der Waals surface area contributed by atoms with Crippen LogP contribution in [0.3, 0.4) is 0 Å². The van der Waals surface area contributed by atoms with E-state index in [1.54, 1.807) is 23.4 Å². The first kappa shape index (κ1) is 16.7. The summed E-state index contributed by atoms with van der Waals surface area (Å²) in [5, 5.41) is 0. The second kappa shape index (κ2) is 6.24. The van der Waals surface area contributed by atoms with Crippen LogP contribution in [-0.2, 0) is 14.8 Å². The van der Waals surface area contributed by atoms with Gasteiger partial charge in [0.15, 0.2) is 0 Å². The summed E-state index contributed by atoms with van der Waals surface area (Å²) < 4.78 is 33.8. The second-order valence-electron chi connectivity index (χ2n) is 5.40. The molecule has 118 valence electrons. The van der Waals surface area contributed by atoms with E-state index >= 15 is 0 Å². The van der Waals surface area contributed by atoms with Gasteiger partial charge in [0.1, 0.15) is 0 Å². The van der Waals surface area contributed by atoms with Gasteiger partial charge in [-0.3, -0.25) is 0 Å². The Balaban J connectivity index is 2.50. The number of sulfonamides is 1. The summed E-state index contributed by atoms with van der Waals surface area (Å²) in [6.45, 7) is 6.39. The first-order valence-electron chi connectivity index (χ1n) is 6.96. The van der Waals surface area contributed by atoms with Crippen LogP contribution in [0.4, 0.5) is 5.69 Å². The summed E-state index contributed by atoms with van der Waals surface area (Å²) in [7, 11) is -3.59. The molecule has 2 rings (SSSR count). The van der Waals surface area contributed by atoms with Crippen molar-refractivity contribution in [3.63, 3.8) is 0 Å². The third-order valence-corrected chi connectivity index (χ3v) is 6.34. The minimum absolute atomic E-state index is 0.104. The standard InChI is InChI=1S/C14H21BrN2O3S/c1-4-12-8-20-9(2)7-17(12)21(18,19)14-6-11(15)5-13(16)10(14)3/h5-6,9,12H,4,7-8,16H2,1-3H3. The zero-order valence-corrected chi connectivity index (χ0v) is 14.9. The molecule has 0 amide bonds. The number of nitrogens with two attached hydrogens (primary N) is 1. The van der Waals surface area contributed by atoms with Crippen molar-refractivity contribution in [3.05, 3.63) is 22.2 Å². The maximum absolute atomic E-state index is 13.0. The predicted molar refractivity (Wildman–Crippen MR) is 86.7 cm³/mol. The highest BCUT2D eigenvalue weighted by Gasteiger charge is 2.36. The van der Waals surface area contributed by atoms with Crippen LogP contribution >= 0.6 is 15.9 Å². The Bertz CT molecular complexity index is 633. The van der Waals surface area contributed by atoms with E-state index in [-0.39, 0.29) is 17.0 Å². The van der Waals surface area contributed by atoms with Crippen LogP contribution in [0.1, 0.15) is 25.8 Å². The van der Waals surface area contributed by atoms with Crippen molar-refractivity contribution in [2.75, 3.05) is 18.9 Å². The largest absolute Gasteiger partial charge is 0.398 e. The molecule has 2 N–H and O–H groups in total. The highest BCUT2D eigenvalue weighted by Crippen LogP contribution is 2.31.